The molecule has 1 amide bonds. The average molecular weight is 249 g/mol. The van der Waals surface area contributed by atoms with Crippen LogP contribution in [0, 0.1) is 11.8 Å². The van der Waals surface area contributed by atoms with Gasteiger partial charge < -0.3 is 15.2 Å². The lowest BCUT2D eigenvalue weighted by molar-refractivity contribution is 0.0776. The van der Waals surface area contributed by atoms with Crippen LogP contribution in [0.1, 0.15) is 37.2 Å². The van der Waals surface area contributed by atoms with Crippen molar-refractivity contribution in [2.45, 2.75) is 33.2 Å². The van der Waals surface area contributed by atoms with Crippen LogP contribution in [0.15, 0.2) is 12.3 Å². The van der Waals surface area contributed by atoms with Gasteiger partial charge in [-0.05, 0) is 30.7 Å². The summed E-state index contributed by atoms with van der Waals surface area (Å²) in [5.74, 6) is 1.54. The van der Waals surface area contributed by atoms with E-state index < -0.39 is 0 Å². The number of carbonyl (C=O) groups is 1. The summed E-state index contributed by atoms with van der Waals surface area (Å²) in [5, 5.41) is 0. The molecule has 1 saturated carbocycles. The highest BCUT2D eigenvalue weighted by molar-refractivity contribution is 5.93. The lowest BCUT2D eigenvalue weighted by Gasteiger charge is -2.18. The second kappa shape index (κ2) is 5.04. The van der Waals surface area contributed by atoms with E-state index in [0.717, 1.165) is 25.4 Å². The zero-order valence-electron chi connectivity index (χ0n) is 11.5. The molecule has 1 aliphatic carbocycles. The Morgan fingerprint density at radius 2 is 2.28 bits per heavy atom. The standard InChI is InChI=1S/C14H23N3O/c1-4-5-17-9-12(15)7-13(17)14(18)16(3)8-11-6-10(11)2/h7,9-11H,4-6,8,15H2,1-3H3. The van der Waals surface area contributed by atoms with Gasteiger partial charge in [0.15, 0.2) is 0 Å². The van der Waals surface area contributed by atoms with Crippen molar-refractivity contribution in [3.05, 3.63) is 18.0 Å². The van der Waals surface area contributed by atoms with E-state index in [-0.39, 0.29) is 5.91 Å². The first-order chi connectivity index (χ1) is 8.52. The van der Waals surface area contributed by atoms with Crippen LogP contribution in [-0.2, 0) is 6.54 Å². The molecule has 2 atom stereocenters. The largest absolute Gasteiger partial charge is 0.397 e. The van der Waals surface area contributed by atoms with Crippen molar-refractivity contribution in [2.24, 2.45) is 11.8 Å². The maximum Gasteiger partial charge on any atom is 0.270 e. The van der Waals surface area contributed by atoms with Crippen LogP contribution in [0.5, 0.6) is 0 Å². The van der Waals surface area contributed by atoms with Crippen molar-refractivity contribution in [1.82, 2.24) is 9.47 Å². The number of nitrogens with two attached hydrogens (primary N) is 1. The topological polar surface area (TPSA) is 51.3 Å². The minimum Gasteiger partial charge on any atom is -0.397 e. The molecule has 4 heteroatoms. The average Bonchev–Trinajstić information content (AvgIpc) is 2.86. The molecule has 0 spiro atoms. The third kappa shape index (κ3) is 2.68. The molecule has 2 rings (SSSR count). The SMILES string of the molecule is CCCn1cc(N)cc1C(=O)N(C)CC1CC1C. The first-order valence-corrected chi connectivity index (χ1v) is 6.74. The minimum atomic E-state index is 0.0826. The Morgan fingerprint density at radius 1 is 1.61 bits per heavy atom. The number of rotatable bonds is 5. The van der Waals surface area contributed by atoms with Crippen molar-refractivity contribution in [1.29, 1.82) is 0 Å². The Labute approximate surface area is 109 Å². The molecule has 0 aromatic carbocycles. The molecule has 100 valence electrons. The summed E-state index contributed by atoms with van der Waals surface area (Å²) in [6.07, 6.45) is 4.10. The van der Waals surface area contributed by atoms with Gasteiger partial charge in [0, 0.05) is 26.3 Å². The molecule has 18 heavy (non-hydrogen) atoms. The fraction of sp³-hybridized carbons (Fsp3) is 0.643. The summed E-state index contributed by atoms with van der Waals surface area (Å²) in [6, 6.07) is 1.78. The van der Waals surface area contributed by atoms with E-state index in [0.29, 0.717) is 17.3 Å². The smallest absolute Gasteiger partial charge is 0.270 e. The van der Waals surface area contributed by atoms with E-state index in [1.807, 2.05) is 22.7 Å². The number of amides is 1. The maximum absolute atomic E-state index is 12.4. The Kier molecular flexibility index (Phi) is 3.64. The third-order valence-electron chi connectivity index (χ3n) is 3.73. The molecule has 0 aliphatic heterocycles. The molecule has 1 aromatic heterocycles. The first kappa shape index (κ1) is 13.0. The minimum absolute atomic E-state index is 0.0826. The van der Waals surface area contributed by atoms with E-state index in [9.17, 15) is 4.79 Å². The van der Waals surface area contributed by atoms with E-state index in [1.165, 1.54) is 6.42 Å². The number of hydrogen-bond acceptors (Lipinski definition) is 2. The Hall–Kier alpha value is -1.45. The highest BCUT2D eigenvalue weighted by Gasteiger charge is 2.34. The summed E-state index contributed by atoms with van der Waals surface area (Å²) in [6.45, 7) is 6.03. The van der Waals surface area contributed by atoms with Crippen molar-refractivity contribution in [2.75, 3.05) is 19.3 Å². The number of aromatic nitrogens is 1. The first-order valence-electron chi connectivity index (χ1n) is 6.74. The highest BCUT2D eigenvalue weighted by Crippen LogP contribution is 2.38. The van der Waals surface area contributed by atoms with Gasteiger partial charge in [0.25, 0.3) is 5.91 Å². The van der Waals surface area contributed by atoms with Crippen LogP contribution in [0.4, 0.5) is 5.69 Å². The number of anilines is 1. The third-order valence-corrected chi connectivity index (χ3v) is 3.73. The van der Waals surface area contributed by atoms with Crippen molar-refractivity contribution >= 4 is 11.6 Å². The van der Waals surface area contributed by atoms with Gasteiger partial charge in [-0.25, -0.2) is 0 Å². The molecule has 2 N–H and O–H groups in total. The van der Waals surface area contributed by atoms with Crippen LogP contribution in [-0.4, -0.2) is 29.0 Å². The zero-order chi connectivity index (χ0) is 13.3. The normalized spacial score (nSPS) is 21.9. The lowest BCUT2D eigenvalue weighted by atomic mass is 10.3. The number of nitrogen functional groups attached to an aromatic ring is 1. The highest BCUT2D eigenvalue weighted by atomic mass is 16.2. The predicted molar refractivity (Wildman–Crippen MR) is 73.4 cm³/mol. The van der Waals surface area contributed by atoms with Gasteiger partial charge in [-0.1, -0.05) is 13.8 Å². The van der Waals surface area contributed by atoms with Gasteiger partial charge >= 0.3 is 0 Å². The monoisotopic (exact) mass is 249 g/mol. The number of aryl methyl sites for hydroxylation is 1. The Bertz CT molecular complexity index is 438. The van der Waals surface area contributed by atoms with Crippen LogP contribution < -0.4 is 5.73 Å². The molecule has 0 radical (unpaired) electrons. The molecular weight excluding hydrogens is 226 g/mol. The summed E-state index contributed by atoms with van der Waals surface area (Å²) >= 11 is 0. The molecule has 1 heterocycles. The Balaban J connectivity index is 2.07. The van der Waals surface area contributed by atoms with Gasteiger partial charge in [0.1, 0.15) is 5.69 Å². The fourth-order valence-corrected chi connectivity index (χ4v) is 2.42. The molecule has 2 unspecified atom stereocenters. The van der Waals surface area contributed by atoms with Crippen molar-refractivity contribution in [3.63, 3.8) is 0 Å². The number of carbonyl (C=O) groups excluding carboxylic acids is 1. The van der Waals surface area contributed by atoms with Gasteiger partial charge in [-0.2, -0.15) is 0 Å². The van der Waals surface area contributed by atoms with Crippen LogP contribution in [0.2, 0.25) is 0 Å². The van der Waals surface area contributed by atoms with Crippen molar-refractivity contribution in [3.8, 4) is 0 Å². The van der Waals surface area contributed by atoms with E-state index >= 15 is 0 Å². The summed E-state index contributed by atoms with van der Waals surface area (Å²) in [7, 11) is 1.88. The quantitative estimate of drug-likeness (QED) is 0.869. The van der Waals surface area contributed by atoms with Crippen molar-refractivity contribution < 1.29 is 4.79 Å². The van der Waals surface area contributed by atoms with Crippen LogP contribution in [0.25, 0.3) is 0 Å². The fourth-order valence-electron chi connectivity index (χ4n) is 2.42. The van der Waals surface area contributed by atoms with Crippen LogP contribution >= 0.6 is 0 Å². The lowest BCUT2D eigenvalue weighted by Crippen LogP contribution is -2.30. The van der Waals surface area contributed by atoms with Gasteiger partial charge in [-0.3, -0.25) is 4.79 Å². The van der Waals surface area contributed by atoms with Gasteiger partial charge in [0.05, 0.1) is 5.69 Å². The molecule has 4 nitrogen and oxygen atoms in total. The zero-order valence-corrected chi connectivity index (χ0v) is 11.5. The molecule has 0 saturated heterocycles. The molecule has 1 fully saturated rings. The van der Waals surface area contributed by atoms with E-state index in [2.05, 4.69) is 13.8 Å². The van der Waals surface area contributed by atoms with Crippen LogP contribution in [0.3, 0.4) is 0 Å². The number of nitrogens with zero attached hydrogens (tertiary/aromatic N) is 2. The second-order valence-electron chi connectivity index (χ2n) is 5.51. The van der Waals surface area contributed by atoms with Gasteiger partial charge in [-0.15, -0.1) is 0 Å². The molecular formula is C14H23N3O. The number of hydrogen-bond donors (Lipinski definition) is 1. The Morgan fingerprint density at radius 3 is 2.83 bits per heavy atom. The molecule has 1 aliphatic rings. The van der Waals surface area contributed by atoms with E-state index in [4.69, 9.17) is 5.73 Å². The maximum atomic E-state index is 12.4. The van der Waals surface area contributed by atoms with E-state index in [1.54, 1.807) is 6.07 Å². The predicted octanol–water partition coefficient (Wildman–Crippen LogP) is 2.21. The van der Waals surface area contributed by atoms with Gasteiger partial charge in [0.2, 0.25) is 0 Å². The summed E-state index contributed by atoms with van der Waals surface area (Å²) in [4.78, 5) is 14.2. The molecule has 1 aromatic rings. The summed E-state index contributed by atoms with van der Waals surface area (Å²) < 4.78 is 1.96. The molecule has 0 bridgehead atoms. The second-order valence-corrected chi connectivity index (χ2v) is 5.51. The summed E-state index contributed by atoms with van der Waals surface area (Å²) in [5.41, 5.74) is 7.17.